The van der Waals surface area contributed by atoms with Crippen LogP contribution < -0.4 is 15.8 Å². The van der Waals surface area contributed by atoms with E-state index in [0.717, 1.165) is 11.3 Å². The number of aryl methyl sites for hydroxylation is 2. The fourth-order valence-corrected chi connectivity index (χ4v) is 3.93. The number of aromatic nitrogens is 4. The van der Waals surface area contributed by atoms with Gasteiger partial charge in [-0.1, -0.05) is 0 Å². The van der Waals surface area contributed by atoms with Crippen LogP contribution in [0.5, 0.6) is 0 Å². The second-order valence-electron chi connectivity index (χ2n) is 7.90. The maximum Gasteiger partial charge on any atom is 0.408 e. The molecule has 0 aromatic carbocycles. The first kappa shape index (κ1) is 21.8. The van der Waals surface area contributed by atoms with E-state index in [1.807, 2.05) is 13.8 Å². The maximum atomic E-state index is 13.6. The lowest BCUT2D eigenvalue weighted by Gasteiger charge is -2.38. The van der Waals surface area contributed by atoms with Crippen molar-refractivity contribution < 1.29 is 13.2 Å². The van der Waals surface area contributed by atoms with E-state index in [4.69, 9.17) is 0 Å². The molecule has 1 atom stereocenters. The SMILES string of the molecule is Cc1ccnc(Nc2cc(-c3cc(N4CCCCC4C(F)(F)F)[nH]c(=O)c3)c(C)cn2)n1. The topological polar surface area (TPSA) is 86.8 Å². The number of hydrogen-bond donors (Lipinski definition) is 2. The van der Waals surface area contributed by atoms with Gasteiger partial charge in [-0.3, -0.25) is 4.79 Å². The normalized spacial score (nSPS) is 16.8. The van der Waals surface area contributed by atoms with Crippen molar-refractivity contribution in [2.45, 2.75) is 45.3 Å². The van der Waals surface area contributed by atoms with Gasteiger partial charge in [0.25, 0.3) is 0 Å². The number of alkyl halides is 3. The van der Waals surface area contributed by atoms with Gasteiger partial charge >= 0.3 is 6.18 Å². The Bertz CT molecular complexity index is 1180. The first-order valence-corrected chi connectivity index (χ1v) is 10.3. The zero-order valence-corrected chi connectivity index (χ0v) is 17.7. The van der Waals surface area contributed by atoms with E-state index in [9.17, 15) is 18.0 Å². The second-order valence-corrected chi connectivity index (χ2v) is 7.90. The molecule has 0 amide bonds. The first-order chi connectivity index (χ1) is 15.2. The molecule has 3 aromatic heterocycles. The third-order valence-electron chi connectivity index (χ3n) is 5.47. The predicted octanol–water partition coefficient (Wildman–Crippen LogP) is 4.51. The van der Waals surface area contributed by atoms with Gasteiger partial charge in [-0.15, -0.1) is 0 Å². The largest absolute Gasteiger partial charge is 0.408 e. The number of halogens is 3. The smallest absolute Gasteiger partial charge is 0.346 e. The van der Waals surface area contributed by atoms with E-state index in [1.165, 1.54) is 11.0 Å². The van der Waals surface area contributed by atoms with Gasteiger partial charge in [-0.05, 0) is 68.0 Å². The Hall–Kier alpha value is -3.43. The van der Waals surface area contributed by atoms with Crippen LogP contribution >= 0.6 is 0 Å². The van der Waals surface area contributed by atoms with Gasteiger partial charge in [0, 0.05) is 30.7 Å². The van der Waals surface area contributed by atoms with Crippen molar-refractivity contribution in [2.75, 3.05) is 16.8 Å². The molecule has 4 heterocycles. The van der Waals surface area contributed by atoms with Crippen LogP contribution in [0.4, 0.5) is 30.8 Å². The molecule has 168 valence electrons. The molecule has 0 spiro atoms. The minimum atomic E-state index is -4.37. The minimum Gasteiger partial charge on any atom is -0.346 e. The van der Waals surface area contributed by atoms with E-state index >= 15 is 0 Å². The van der Waals surface area contributed by atoms with Crippen LogP contribution in [0.2, 0.25) is 0 Å². The molecule has 1 aliphatic rings. The number of hydrogen-bond acceptors (Lipinski definition) is 6. The van der Waals surface area contributed by atoms with E-state index in [1.54, 1.807) is 30.6 Å². The maximum absolute atomic E-state index is 13.6. The molecule has 32 heavy (non-hydrogen) atoms. The van der Waals surface area contributed by atoms with Gasteiger partial charge < -0.3 is 15.2 Å². The number of H-pyrrole nitrogens is 1. The summed E-state index contributed by atoms with van der Waals surface area (Å²) in [5.74, 6) is 1.01. The molecule has 0 bridgehead atoms. The number of nitrogens with zero attached hydrogens (tertiary/aromatic N) is 4. The molecule has 1 saturated heterocycles. The molecule has 3 aromatic rings. The van der Waals surface area contributed by atoms with Crippen LogP contribution in [0.1, 0.15) is 30.5 Å². The van der Waals surface area contributed by atoms with Crippen molar-refractivity contribution in [2.24, 2.45) is 0 Å². The van der Waals surface area contributed by atoms with Crippen molar-refractivity contribution >= 4 is 17.6 Å². The van der Waals surface area contributed by atoms with Gasteiger partial charge in [0.05, 0.1) is 0 Å². The molecule has 2 N–H and O–H groups in total. The number of anilines is 3. The van der Waals surface area contributed by atoms with Crippen molar-refractivity contribution in [1.82, 2.24) is 19.9 Å². The molecule has 0 radical (unpaired) electrons. The lowest BCUT2D eigenvalue weighted by Crippen LogP contribution is -2.49. The number of rotatable bonds is 4. The van der Waals surface area contributed by atoms with E-state index in [2.05, 4.69) is 25.3 Å². The summed E-state index contributed by atoms with van der Waals surface area (Å²) in [5, 5.41) is 3.02. The predicted molar refractivity (Wildman–Crippen MR) is 116 cm³/mol. The van der Waals surface area contributed by atoms with Gasteiger partial charge in [0.15, 0.2) is 0 Å². The van der Waals surface area contributed by atoms with Gasteiger partial charge in [0.2, 0.25) is 11.5 Å². The monoisotopic (exact) mass is 444 g/mol. The van der Waals surface area contributed by atoms with Crippen LogP contribution in [-0.2, 0) is 0 Å². The van der Waals surface area contributed by atoms with Crippen molar-refractivity contribution in [3.63, 3.8) is 0 Å². The fraction of sp³-hybridized carbons (Fsp3) is 0.364. The molecule has 0 aliphatic carbocycles. The number of nitrogens with one attached hydrogen (secondary N) is 2. The summed E-state index contributed by atoms with van der Waals surface area (Å²) < 4.78 is 40.8. The quantitative estimate of drug-likeness (QED) is 0.616. The Morgan fingerprint density at radius 1 is 1.16 bits per heavy atom. The highest BCUT2D eigenvalue weighted by Gasteiger charge is 2.45. The van der Waals surface area contributed by atoms with Crippen molar-refractivity contribution in [3.8, 4) is 11.1 Å². The standard InChI is InChI=1S/C22H23F3N6O/c1-13-12-27-18(29-21-26-7-6-14(2)28-21)11-16(13)15-9-19(30-20(32)10-15)31-8-4-3-5-17(31)22(23,24)25/h6-7,9-12,17H,3-5,8H2,1-2H3,(H,30,32)(H,26,27,28,29). The highest BCUT2D eigenvalue weighted by Crippen LogP contribution is 2.35. The third-order valence-corrected chi connectivity index (χ3v) is 5.47. The Kier molecular flexibility index (Phi) is 5.86. The summed E-state index contributed by atoms with van der Waals surface area (Å²) in [6.45, 7) is 3.90. The number of pyridine rings is 2. The van der Waals surface area contributed by atoms with Crippen molar-refractivity contribution in [1.29, 1.82) is 0 Å². The zero-order valence-electron chi connectivity index (χ0n) is 17.7. The molecular formula is C22H23F3N6O. The van der Waals surface area contributed by atoms with Gasteiger partial charge in [0.1, 0.15) is 17.7 Å². The molecule has 1 fully saturated rings. The Morgan fingerprint density at radius 3 is 2.72 bits per heavy atom. The number of piperidine rings is 1. The molecule has 0 saturated carbocycles. The molecule has 1 aliphatic heterocycles. The summed E-state index contributed by atoms with van der Waals surface area (Å²) in [6.07, 6.45) is 0.0351. The Balaban J connectivity index is 1.71. The van der Waals surface area contributed by atoms with Crippen LogP contribution in [-0.4, -0.2) is 38.7 Å². The Morgan fingerprint density at radius 2 is 1.97 bits per heavy atom. The summed E-state index contributed by atoms with van der Waals surface area (Å²) in [4.78, 5) is 29.0. The fourth-order valence-electron chi connectivity index (χ4n) is 3.93. The Labute approximate surface area is 182 Å². The van der Waals surface area contributed by atoms with E-state index in [0.29, 0.717) is 35.7 Å². The molecule has 4 rings (SSSR count). The molecule has 1 unspecified atom stereocenters. The molecule has 10 heteroatoms. The van der Waals surface area contributed by atoms with Gasteiger partial charge in [-0.2, -0.15) is 13.2 Å². The minimum absolute atomic E-state index is 0.00854. The second kappa shape index (κ2) is 8.60. The van der Waals surface area contributed by atoms with E-state index < -0.39 is 17.8 Å². The van der Waals surface area contributed by atoms with Crippen LogP contribution in [0.25, 0.3) is 11.1 Å². The average Bonchev–Trinajstić information content (AvgIpc) is 2.74. The average molecular weight is 444 g/mol. The summed E-state index contributed by atoms with van der Waals surface area (Å²) in [6, 6.07) is 4.87. The van der Waals surface area contributed by atoms with Crippen LogP contribution in [0, 0.1) is 13.8 Å². The molecular weight excluding hydrogens is 421 g/mol. The van der Waals surface area contributed by atoms with Crippen molar-refractivity contribution in [3.05, 3.63) is 58.3 Å². The summed E-state index contributed by atoms with van der Waals surface area (Å²) in [5.41, 5.74) is 2.31. The van der Waals surface area contributed by atoms with Crippen LogP contribution in [0.3, 0.4) is 0 Å². The van der Waals surface area contributed by atoms with E-state index in [-0.39, 0.29) is 18.8 Å². The molecule has 7 nitrogen and oxygen atoms in total. The zero-order chi connectivity index (χ0) is 22.9. The van der Waals surface area contributed by atoms with Crippen LogP contribution in [0.15, 0.2) is 41.5 Å². The first-order valence-electron chi connectivity index (χ1n) is 10.3. The highest BCUT2D eigenvalue weighted by atomic mass is 19.4. The lowest BCUT2D eigenvalue weighted by atomic mass is 10.00. The highest BCUT2D eigenvalue weighted by molar-refractivity contribution is 5.72. The number of aromatic amines is 1. The van der Waals surface area contributed by atoms with Gasteiger partial charge in [-0.25, -0.2) is 15.0 Å². The lowest BCUT2D eigenvalue weighted by molar-refractivity contribution is -0.152. The summed E-state index contributed by atoms with van der Waals surface area (Å²) in [7, 11) is 0. The third kappa shape index (κ3) is 4.74. The summed E-state index contributed by atoms with van der Waals surface area (Å²) >= 11 is 0.